The number of Topliss-reactive ketones (excluding diaryl/α,β-unsaturated/α-hetero) is 1. The molecule has 2 heterocycles. The van der Waals surface area contributed by atoms with Crippen LogP contribution in [0.3, 0.4) is 0 Å². The number of ketones is 1. The van der Waals surface area contributed by atoms with Crippen LogP contribution in [-0.4, -0.2) is 54.1 Å². The van der Waals surface area contributed by atoms with Gasteiger partial charge in [-0.15, -0.1) is 0 Å². The molecule has 0 aliphatic carbocycles. The van der Waals surface area contributed by atoms with Gasteiger partial charge >= 0.3 is 0 Å². The fraction of sp³-hybridized carbons (Fsp3) is 0.370. The number of aromatic nitrogens is 2. The summed E-state index contributed by atoms with van der Waals surface area (Å²) < 4.78 is 25.2. The minimum Gasteiger partial charge on any atom is -0.494 e. The number of carbonyl (C=O) groups excluding carboxylic acids is 1. The highest BCUT2D eigenvalue weighted by Crippen LogP contribution is 2.25. The zero-order chi connectivity index (χ0) is 24.6. The lowest BCUT2D eigenvalue weighted by atomic mass is 10.00. The third-order valence-corrected chi connectivity index (χ3v) is 6.09. The van der Waals surface area contributed by atoms with E-state index in [0.29, 0.717) is 36.3 Å². The van der Waals surface area contributed by atoms with Crippen LogP contribution in [0.5, 0.6) is 5.75 Å². The number of nitrogens with one attached hydrogen (secondary N) is 1. The van der Waals surface area contributed by atoms with E-state index < -0.39 is 5.82 Å². The predicted molar refractivity (Wildman–Crippen MR) is 133 cm³/mol. The Morgan fingerprint density at radius 1 is 1.09 bits per heavy atom. The number of morpholine rings is 1. The average molecular weight is 479 g/mol. The quantitative estimate of drug-likeness (QED) is 0.428. The summed E-state index contributed by atoms with van der Waals surface area (Å²) in [6.07, 6.45) is 4.78. The lowest BCUT2D eigenvalue weighted by Gasteiger charge is -2.26. The number of hydrogen-bond acceptors (Lipinski definition) is 7. The molecular weight excluding hydrogens is 447 g/mol. The molecule has 184 valence electrons. The summed E-state index contributed by atoms with van der Waals surface area (Å²) in [6, 6.07) is 11.3. The highest BCUT2D eigenvalue weighted by atomic mass is 19.1. The standard InChI is InChI=1S/C27H31FN4O3/c1-3-24(33)22-14-21(26(28)25(15-22)34-2)7-4-20-16-29-27(30-17-20)31-23-8-5-19(6-9-23)18-32-10-12-35-13-11-32/h5-6,8-9,14-17H,3-4,7,10-13,18H2,1-2H3,(H,29,30,31). The van der Waals surface area contributed by atoms with Crippen molar-refractivity contribution in [3.8, 4) is 5.75 Å². The molecule has 0 saturated carbocycles. The molecule has 8 heteroatoms. The molecule has 1 aromatic heterocycles. The normalized spacial score (nSPS) is 14.0. The number of methoxy groups -OCH3 is 1. The van der Waals surface area contributed by atoms with Gasteiger partial charge in [0.15, 0.2) is 17.3 Å². The van der Waals surface area contributed by atoms with E-state index in [4.69, 9.17) is 9.47 Å². The van der Waals surface area contributed by atoms with Crippen LogP contribution in [0.2, 0.25) is 0 Å². The summed E-state index contributed by atoms with van der Waals surface area (Å²) in [5.41, 5.74) is 3.95. The minimum atomic E-state index is -0.434. The van der Waals surface area contributed by atoms with Crippen LogP contribution in [-0.2, 0) is 24.1 Å². The number of anilines is 2. The molecule has 2 aromatic carbocycles. The summed E-state index contributed by atoms with van der Waals surface area (Å²) in [5, 5.41) is 3.22. The van der Waals surface area contributed by atoms with Crippen LogP contribution in [0.4, 0.5) is 16.0 Å². The van der Waals surface area contributed by atoms with Gasteiger partial charge in [-0.3, -0.25) is 9.69 Å². The molecule has 0 amide bonds. The Labute approximate surface area is 205 Å². The van der Waals surface area contributed by atoms with Gasteiger partial charge in [-0.1, -0.05) is 19.1 Å². The molecular formula is C27H31FN4O3. The first-order valence-electron chi connectivity index (χ1n) is 11.9. The number of benzene rings is 2. The monoisotopic (exact) mass is 478 g/mol. The van der Waals surface area contributed by atoms with Crippen molar-refractivity contribution in [1.82, 2.24) is 14.9 Å². The fourth-order valence-electron chi connectivity index (χ4n) is 4.02. The number of ether oxygens (including phenoxy) is 2. The molecule has 0 bridgehead atoms. The second kappa shape index (κ2) is 11.9. The molecule has 0 unspecified atom stereocenters. The van der Waals surface area contributed by atoms with Crippen molar-refractivity contribution < 1.29 is 18.7 Å². The topological polar surface area (TPSA) is 76.6 Å². The molecule has 35 heavy (non-hydrogen) atoms. The number of hydrogen-bond donors (Lipinski definition) is 1. The Morgan fingerprint density at radius 3 is 2.46 bits per heavy atom. The Morgan fingerprint density at radius 2 is 1.80 bits per heavy atom. The van der Waals surface area contributed by atoms with Crippen LogP contribution >= 0.6 is 0 Å². The molecule has 0 atom stereocenters. The van der Waals surface area contributed by atoms with E-state index in [1.165, 1.54) is 18.7 Å². The Bertz CT molecular complexity index is 1130. The van der Waals surface area contributed by atoms with Gasteiger partial charge < -0.3 is 14.8 Å². The zero-order valence-electron chi connectivity index (χ0n) is 20.2. The third-order valence-electron chi connectivity index (χ3n) is 6.09. The molecule has 4 rings (SSSR count). The molecule has 7 nitrogen and oxygen atoms in total. The minimum absolute atomic E-state index is 0.0440. The number of nitrogens with zero attached hydrogens (tertiary/aromatic N) is 3. The first kappa shape index (κ1) is 24.8. The summed E-state index contributed by atoms with van der Waals surface area (Å²) in [4.78, 5) is 23.3. The number of aryl methyl sites for hydroxylation is 2. The van der Waals surface area contributed by atoms with Gasteiger partial charge in [-0.25, -0.2) is 14.4 Å². The predicted octanol–water partition coefficient (Wildman–Crippen LogP) is 4.58. The molecule has 1 N–H and O–H groups in total. The van der Waals surface area contributed by atoms with E-state index in [1.807, 2.05) is 12.1 Å². The molecule has 1 aliphatic heterocycles. The Kier molecular flexibility index (Phi) is 8.39. The maximum Gasteiger partial charge on any atom is 0.227 e. The lowest BCUT2D eigenvalue weighted by Crippen LogP contribution is -2.35. The van der Waals surface area contributed by atoms with E-state index in [2.05, 4.69) is 32.3 Å². The van der Waals surface area contributed by atoms with Crippen LogP contribution in [0.15, 0.2) is 48.8 Å². The van der Waals surface area contributed by atoms with Crippen LogP contribution in [0, 0.1) is 5.82 Å². The largest absolute Gasteiger partial charge is 0.494 e. The highest BCUT2D eigenvalue weighted by Gasteiger charge is 2.15. The summed E-state index contributed by atoms with van der Waals surface area (Å²) in [7, 11) is 1.40. The summed E-state index contributed by atoms with van der Waals surface area (Å²) in [6.45, 7) is 6.20. The molecule has 0 radical (unpaired) electrons. The number of halogens is 1. The first-order chi connectivity index (χ1) is 17.1. The summed E-state index contributed by atoms with van der Waals surface area (Å²) in [5.74, 6) is 0.109. The van der Waals surface area contributed by atoms with E-state index in [0.717, 1.165) is 44.1 Å². The number of rotatable bonds is 10. The Balaban J connectivity index is 1.34. The van der Waals surface area contributed by atoms with E-state index in [1.54, 1.807) is 25.4 Å². The highest BCUT2D eigenvalue weighted by molar-refractivity contribution is 5.96. The molecule has 1 aliphatic rings. The first-order valence-corrected chi connectivity index (χ1v) is 11.9. The van der Waals surface area contributed by atoms with Crippen LogP contribution in [0.1, 0.15) is 40.4 Å². The van der Waals surface area contributed by atoms with Gasteiger partial charge in [0.1, 0.15) is 0 Å². The van der Waals surface area contributed by atoms with Crippen molar-refractivity contribution in [1.29, 1.82) is 0 Å². The van der Waals surface area contributed by atoms with E-state index in [-0.39, 0.29) is 11.5 Å². The third kappa shape index (κ3) is 6.61. The van der Waals surface area contributed by atoms with Crippen LogP contribution < -0.4 is 10.1 Å². The van der Waals surface area contributed by atoms with Crippen molar-refractivity contribution in [2.45, 2.75) is 32.7 Å². The van der Waals surface area contributed by atoms with E-state index in [9.17, 15) is 9.18 Å². The van der Waals surface area contributed by atoms with Gasteiger partial charge in [0.05, 0.1) is 20.3 Å². The van der Waals surface area contributed by atoms with Crippen molar-refractivity contribution in [3.63, 3.8) is 0 Å². The molecule has 0 spiro atoms. The molecule has 1 fully saturated rings. The zero-order valence-corrected chi connectivity index (χ0v) is 20.2. The maximum atomic E-state index is 14.7. The van der Waals surface area contributed by atoms with Gasteiger partial charge in [-0.2, -0.15) is 0 Å². The van der Waals surface area contributed by atoms with E-state index >= 15 is 0 Å². The maximum absolute atomic E-state index is 14.7. The van der Waals surface area contributed by atoms with Crippen molar-refractivity contribution in [3.05, 3.63) is 76.9 Å². The smallest absolute Gasteiger partial charge is 0.227 e. The second-order valence-corrected chi connectivity index (χ2v) is 8.55. The second-order valence-electron chi connectivity index (χ2n) is 8.55. The van der Waals surface area contributed by atoms with Gasteiger partial charge in [0, 0.05) is 49.7 Å². The Hall–Kier alpha value is -3.36. The van der Waals surface area contributed by atoms with Crippen molar-refractivity contribution in [2.24, 2.45) is 0 Å². The molecule has 1 saturated heterocycles. The number of carbonyl (C=O) groups is 1. The average Bonchev–Trinajstić information content (AvgIpc) is 2.90. The van der Waals surface area contributed by atoms with Gasteiger partial charge in [0.25, 0.3) is 0 Å². The van der Waals surface area contributed by atoms with Gasteiger partial charge in [0.2, 0.25) is 5.95 Å². The lowest BCUT2D eigenvalue weighted by molar-refractivity contribution is 0.0342. The van der Waals surface area contributed by atoms with Crippen LogP contribution in [0.25, 0.3) is 0 Å². The SMILES string of the molecule is CCC(=O)c1cc(CCc2cnc(Nc3ccc(CN4CCOCC4)cc3)nc2)c(F)c(OC)c1. The van der Waals surface area contributed by atoms with Gasteiger partial charge in [-0.05, 0) is 53.8 Å². The molecule has 3 aromatic rings. The van der Waals surface area contributed by atoms with Crippen molar-refractivity contribution in [2.75, 3.05) is 38.7 Å². The van der Waals surface area contributed by atoms with Crippen molar-refractivity contribution >= 4 is 17.4 Å². The summed E-state index contributed by atoms with van der Waals surface area (Å²) >= 11 is 0. The fourth-order valence-corrected chi connectivity index (χ4v) is 4.02.